The number of hydrogen-bond donors (Lipinski definition) is 1. The van der Waals surface area contributed by atoms with Crippen LogP contribution in [0.25, 0.3) is 10.6 Å². The second-order valence-electron chi connectivity index (χ2n) is 10.6. The predicted octanol–water partition coefficient (Wildman–Crippen LogP) is 4.33. The first-order valence-electron chi connectivity index (χ1n) is 12.0. The lowest BCUT2D eigenvalue weighted by Gasteiger charge is -2.53. The van der Waals surface area contributed by atoms with Gasteiger partial charge in [0.2, 0.25) is 5.91 Å². The summed E-state index contributed by atoms with van der Waals surface area (Å²) in [6, 6.07) is 2.14. The fourth-order valence-electron chi connectivity index (χ4n) is 6.55. The summed E-state index contributed by atoms with van der Waals surface area (Å²) < 4.78 is 0. The number of hydrogen-bond acceptors (Lipinski definition) is 6. The number of rotatable bonds is 3. The molecule has 0 radical (unpaired) electrons. The van der Waals surface area contributed by atoms with E-state index in [1.165, 1.54) is 16.1 Å². The Labute approximate surface area is 199 Å². The van der Waals surface area contributed by atoms with Gasteiger partial charge in [-0.25, -0.2) is 4.98 Å². The van der Waals surface area contributed by atoms with Crippen LogP contribution in [0.4, 0.5) is 0 Å². The zero-order valence-corrected chi connectivity index (χ0v) is 21.2. The molecule has 2 aromatic rings. The van der Waals surface area contributed by atoms with E-state index in [0.717, 1.165) is 50.4 Å². The molecule has 3 heterocycles. The minimum Gasteiger partial charge on any atom is -0.392 e. The molecule has 0 aromatic carbocycles. The van der Waals surface area contributed by atoms with E-state index in [9.17, 15) is 9.90 Å². The summed E-state index contributed by atoms with van der Waals surface area (Å²) in [5, 5.41) is 17.1. The van der Waals surface area contributed by atoms with Crippen LogP contribution in [0.2, 0.25) is 0 Å². The van der Waals surface area contributed by atoms with Crippen molar-refractivity contribution in [3.05, 3.63) is 27.4 Å². The van der Waals surface area contributed by atoms with Crippen molar-refractivity contribution in [3.63, 3.8) is 0 Å². The normalized spacial score (nSPS) is 34.1. The Morgan fingerprint density at radius 2 is 2.06 bits per heavy atom. The van der Waals surface area contributed by atoms with Gasteiger partial charge in [-0.2, -0.15) is 11.3 Å². The summed E-state index contributed by atoms with van der Waals surface area (Å²) in [7, 11) is 2.11. The van der Waals surface area contributed by atoms with Crippen LogP contribution >= 0.6 is 22.7 Å². The van der Waals surface area contributed by atoms with Gasteiger partial charge in [0, 0.05) is 53.8 Å². The van der Waals surface area contributed by atoms with Crippen molar-refractivity contribution in [1.82, 2.24) is 14.8 Å². The Kier molecular flexibility index (Phi) is 5.98. The van der Waals surface area contributed by atoms with Crippen LogP contribution < -0.4 is 0 Å². The maximum Gasteiger partial charge on any atom is 0.225 e. The van der Waals surface area contributed by atoms with Gasteiger partial charge in [-0.15, -0.1) is 11.3 Å². The molecule has 0 unspecified atom stereocenters. The lowest BCUT2D eigenvalue weighted by molar-refractivity contribution is -0.146. The Morgan fingerprint density at radius 3 is 2.75 bits per heavy atom. The van der Waals surface area contributed by atoms with E-state index >= 15 is 0 Å². The fourth-order valence-corrected chi connectivity index (χ4v) is 8.63. The highest BCUT2D eigenvalue weighted by Crippen LogP contribution is 2.57. The number of amides is 1. The summed E-state index contributed by atoms with van der Waals surface area (Å²) >= 11 is 3.54. The summed E-state index contributed by atoms with van der Waals surface area (Å²) in [6.07, 6.45) is 2.51. The van der Waals surface area contributed by atoms with E-state index < -0.39 is 6.10 Å². The molecule has 0 spiro atoms. The Bertz CT molecular complexity index is 966. The van der Waals surface area contributed by atoms with E-state index in [4.69, 9.17) is 4.98 Å². The van der Waals surface area contributed by atoms with Gasteiger partial charge in [0.25, 0.3) is 0 Å². The fraction of sp³-hybridized carbons (Fsp3) is 0.680. The number of carbonyl (C=O) groups is 1. The molecule has 1 saturated carbocycles. The minimum atomic E-state index is -0.463. The molecular formula is C25H35N3O2S2. The van der Waals surface area contributed by atoms with Gasteiger partial charge in [0.1, 0.15) is 5.01 Å². The van der Waals surface area contributed by atoms with Crippen LogP contribution in [-0.2, 0) is 11.2 Å². The number of thiophene rings is 1. The van der Waals surface area contributed by atoms with E-state index in [1.807, 2.05) is 23.2 Å². The van der Waals surface area contributed by atoms with E-state index in [-0.39, 0.29) is 35.0 Å². The number of aliphatic hydroxyl groups is 1. The summed E-state index contributed by atoms with van der Waals surface area (Å²) in [5.74, 6) is 0.468. The minimum absolute atomic E-state index is 0.0270. The number of aliphatic hydroxyl groups excluding tert-OH is 1. The van der Waals surface area contributed by atoms with E-state index in [0.29, 0.717) is 0 Å². The zero-order valence-electron chi connectivity index (χ0n) is 19.6. The lowest BCUT2D eigenvalue weighted by atomic mass is 9.53. The largest absolute Gasteiger partial charge is 0.392 e. The van der Waals surface area contributed by atoms with Crippen LogP contribution in [0.1, 0.15) is 50.1 Å². The van der Waals surface area contributed by atoms with Crippen LogP contribution in [0.3, 0.4) is 0 Å². The maximum atomic E-state index is 13.3. The van der Waals surface area contributed by atoms with Crippen molar-refractivity contribution in [2.24, 2.45) is 23.2 Å². The molecule has 1 amide bonds. The molecule has 5 nitrogen and oxygen atoms in total. The molecule has 1 aliphatic heterocycles. The van der Waals surface area contributed by atoms with Crippen LogP contribution in [0.15, 0.2) is 16.8 Å². The van der Waals surface area contributed by atoms with Gasteiger partial charge < -0.3 is 14.9 Å². The molecule has 5 rings (SSSR count). The van der Waals surface area contributed by atoms with Crippen molar-refractivity contribution in [3.8, 4) is 10.6 Å². The first kappa shape index (κ1) is 22.5. The summed E-state index contributed by atoms with van der Waals surface area (Å²) in [5.41, 5.74) is 2.45. The number of piperazine rings is 1. The average Bonchev–Trinajstić information content (AvgIpc) is 3.43. The van der Waals surface area contributed by atoms with E-state index in [1.54, 1.807) is 11.3 Å². The Morgan fingerprint density at radius 1 is 1.31 bits per heavy atom. The van der Waals surface area contributed by atoms with Gasteiger partial charge in [-0.3, -0.25) is 4.79 Å². The molecule has 2 fully saturated rings. The van der Waals surface area contributed by atoms with Gasteiger partial charge in [0.05, 0.1) is 11.8 Å². The third-order valence-corrected chi connectivity index (χ3v) is 10.3. The highest BCUT2D eigenvalue weighted by Gasteiger charge is 2.54. The third-order valence-electron chi connectivity index (χ3n) is 8.54. The highest BCUT2D eigenvalue weighted by atomic mass is 32.1. The van der Waals surface area contributed by atoms with Crippen molar-refractivity contribution >= 4 is 28.6 Å². The van der Waals surface area contributed by atoms with Crippen LogP contribution in [0.5, 0.6) is 0 Å². The number of aromatic nitrogens is 1. The second kappa shape index (κ2) is 8.49. The van der Waals surface area contributed by atoms with Crippen LogP contribution in [0, 0.1) is 23.2 Å². The van der Waals surface area contributed by atoms with Crippen molar-refractivity contribution < 1.29 is 9.90 Å². The monoisotopic (exact) mass is 473 g/mol. The topological polar surface area (TPSA) is 56.7 Å². The number of carbonyl (C=O) groups excluding carboxylic acids is 1. The van der Waals surface area contributed by atoms with Gasteiger partial charge in [-0.05, 0) is 55.0 Å². The first-order valence-corrected chi connectivity index (χ1v) is 13.7. The van der Waals surface area contributed by atoms with Crippen LogP contribution in [-0.4, -0.2) is 65.1 Å². The second-order valence-corrected chi connectivity index (χ2v) is 12.5. The molecule has 2 aliphatic carbocycles. The zero-order chi connectivity index (χ0) is 22.6. The SMILES string of the molecule is C[C@H](C(=O)N1CCN(C)CC1)[C@@H]1CC[C@]2(C)Cc3sc(-c4ccsc4)nc3[C@H](C)[C@@H]2[C@H]1O. The number of nitrogens with zero attached hydrogens (tertiary/aromatic N) is 3. The molecule has 174 valence electrons. The summed E-state index contributed by atoms with van der Waals surface area (Å²) in [4.78, 5) is 24.0. The number of likely N-dealkylation sites (N-methyl/N-ethyl adjacent to an activating group) is 1. The highest BCUT2D eigenvalue weighted by molar-refractivity contribution is 7.15. The van der Waals surface area contributed by atoms with Crippen molar-refractivity contribution in [1.29, 1.82) is 0 Å². The number of fused-ring (bicyclic) bond motifs is 2. The smallest absolute Gasteiger partial charge is 0.225 e. The molecule has 0 bridgehead atoms. The quantitative estimate of drug-likeness (QED) is 0.721. The van der Waals surface area contributed by atoms with E-state index in [2.05, 4.69) is 42.6 Å². The summed E-state index contributed by atoms with van der Waals surface area (Å²) in [6.45, 7) is 10.1. The Balaban J connectivity index is 1.37. The molecule has 32 heavy (non-hydrogen) atoms. The molecular weight excluding hydrogens is 438 g/mol. The molecule has 1 N–H and O–H groups in total. The lowest BCUT2D eigenvalue weighted by Crippen LogP contribution is -2.55. The molecule has 2 aromatic heterocycles. The first-order chi connectivity index (χ1) is 15.3. The molecule has 6 atom stereocenters. The Hall–Kier alpha value is -1.28. The average molecular weight is 474 g/mol. The maximum absolute atomic E-state index is 13.3. The predicted molar refractivity (Wildman–Crippen MR) is 131 cm³/mol. The van der Waals surface area contributed by atoms with Gasteiger partial charge in [0.15, 0.2) is 0 Å². The molecule has 3 aliphatic rings. The van der Waals surface area contributed by atoms with Crippen molar-refractivity contribution in [2.45, 2.75) is 52.1 Å². The van der Waals surface area contributed by atoms with Gasteiger partial charge in [-0.1, -0.05) is 20.8 Å². The third kappa shape index (κ3) is 3.75. The molecule has 1 saturated heterocycles. The van der Waals surface area contributed by atoms with Gasteiger partial charge >= 0.3 is 0 Å². The standard InChI is InChI=1S/C25H35N3O2S2/c1-15(24(30)28-10-8-27(4)9-11-28)18-5-7-25(3)13-19-21(16(2)20(25)22(18)29)26-23(32-19)17-6-12-31-14-17/h6,12,14-16,18,20,22,29H,5,7-11,13H2,1-4H3/t15-,16+,18-,20+,22-,25+/m0/s1. The number of thiazole rings is 1. The molecule has 7 heteroatoms. The van der Waals surface area contributed by atoms with Crippen molar-refractivity contribution in [2.75, 3.05) is 33.2 Å².